The highest BCUT2D eigenvalue weighted by Crippen LogP contribution is 2.24. The molecule has 0 aliphatic rings. The van der Waals surface area contributed by atoms with Gasteiger partial charge < -0.3 is 10.1 Å². The fourth-order valence-electron chi connectivity index (χ4n) is 3.18. The minimum atomic E-state index is -0.796. The number of carbonyl (C=O) groups excluding carboxylic acids is 2. The summed E-state index contributed by atoms with van der Waals surface area (Å²) >= 11 is 1.35. The number of nitrogens with zero attached hydrogens (tertiary/aromatic N) is 3. The molecule has 2 aromatic heterocycles. The van der Waals surface area contributed by atoms with Gasteiger partial charge in [-0.25, -0.2) is 14.5 Å². The maximum absolute atomic E-state index is 12.8. The monoisotopic (exact) mass is 446 g/mol. The maximum Gasteiger partial charge on any atom is 0.328 e. The van der Waals surface area contributed by atoms with Crippen LogP contribution < -0.4 is 5.32 Å². The summed E-state index contributed by atoms with van der Waals surface area (Å²) in [6.45, 7) is 1.98. The summed E-state index contributed by atoms with van der Waals surface area (Å²) in [5.41, 5.74) is 2.92. The molecule has 32 heavy (non-hydrogen) atoms. The van der Waals surface area contributed by atoms with Crippen LogP contribution >= 0.6 is 11.3 Å². The van der Waals surface area contributed by atoms with Crippen molar-refractivity contribution in [2.45, 2.75) is 19.4 Å². The van der Waals surface area contributed by atoms with E-state index in [1.54, 1.807) is 23.2 Å². The molecule has 4 rings (SSSR count). The van der Waals surface area contributed by atoms with Gasteiger partial charge in [0.2, 0.25) is 0 Å². The first kappa shape index (κ1) is 21.5. The predicted octanol–water partition coefficient (Wildman–Crippen LogP) is 3.90. The Morgan fingerprint density at radius 3 is 2.53 bits per heavy atom. The van der Waals surface area contributed by atoms with E-state index in [0.29, 0.717) is 11.4 Å². The molecule has 1 amide bonds. The zero-order valence-electron chi connectivity index (χ0n) is 17.5. The Balaban J connectivity index is 1.48. The van der Waals surface area contributed by atoms with Crippen LogP contribution in [0.4, 0.5) is 0 Å². The zero-order valence-corrected chi connectivity index (χ0v) is 18.3. The largest absolute Gasteiger partial charge is 0.464 e. The maximum atomic E-state index is 12.8. The van der Waals surface area contributed by atoms with Crippen LogP contribution in [-0.4, -0.2) is 39.3 Å². The first-order chi connectivity index (χ1) is 15.6. The average molecular weight is 447 g/mol. The summed E-state index contributed by atoms with van der Waals surface area (Å²) in [6.07, 6.45) is 3.92. The summed E-state index contributed by atoms with van der Waals surface area (Å²) < 4.78 is 6.91. The molecule has 0 bridgehead atoms. The van der Waals surface area contributed by atoms with Crippen LogP contribution in [0.3, 0.4) is 0 Å². The van der Waals surface area contributed by atoms with Crippen LogP contribution in [0.25, 0.3) is 16.3 Å². The van der Waals surface area contributed by atoms with E-state index in [2.05, 4.69) is 15.4 Å². The van der Waals surface area contributed by atoms with Crippen molar-refractivity contribution in [2.24, 2.45) is 0 Å². The van der Waals surface area contributed by atoms with Gasteiger partial charge in [0.05, 0.1) is 18.5 Å². The van der Waals surface area contributed by atoms with Crippen LogP contribution in [0.15, 0.2) is 78.4 Å². The average Bonchev–Trinajstić information content (AvgIpc) is 3.50. The third-order valence-corrected chi connectivity index (χ3v) is 5.64. The lowest BCUT2D eigenvalue weighted by Crippen LogP contribution is -2.43. The van der Waals surface area contributed by atoms with Crippen LogP contribution in [0.5, 0.6) is 0 Å². The Hall–Kier alpha value is -3.78. The summed E-state index contributed by atoms with van der Waals surface area (Å²) in [6, 6.07) is 18.4. The highest BCUT2D eigenvalue weighted by atomic mass is 32.1. The molecule has 0 saturated heterocycles. The molecule has 0 radical (unpaired) electrons. The third kappa shape index (κ3) is 5.09. The van der Waals surface area contributed by atoms with E-state index >= 15 is 0 Å². The molecule has 1 N–H and O–H groups in total. The van der Waals surface area contributed by atoms with Crippen LogP contribution in [0.2, 0.25) is 0 Å². The van der Waals surface area contributed by atoms with Crippen molar-refractivity contribution in [1.82, 2.24) is 20.1 Å². The van der Waals surface area contributed by atoms with Gasteiger partial charge in [-0.2, -0.15) is 5.10 Å². The van der Waals surface area contributed by atoms with E-state index in [1.165, 1.54) is 11.3 Å². The molecule has 2 heterocycles. The van der Waals surface area contributed by atoms with Crippen molar-refractivity contribution in [3.8, 4) is 16.3 Å². The van der Waals surface area contributed by atoms with Crippen molar-refractivity contribution < 1.29 is 14.3 Å². The number of nitrogens with one attached hydrogen (secondary N) is 1. The summed E-state index contributed by atoms with van der Waals surface area (Å²) in [5.74, 6) is -0.888. The number of benzene rings is 2. The fraction of sp³-hybridized carbons (Fsp3) is 0.167. The summed E-state index contributed by atoms with van der Waals surface area (Å²) in [5, 5.41) is 9.50. The SMILES string of the molecule is CCOC(=O)C(Cc1ccccc1)NC(=O)c1csc(-c2cnn(-c3ccccc3)c2)n1. The number of carbonyl (C=O) groups is 2. The lowest BCUT2D eigenvalue weighted by molar-refractivity contribution is -0.145. The number of amides is 1. The minimum Gasteiger partial charge on any atom is -0.464 e. The number of thiazole rings is 1. The van der Waals surface area contributed by atoms with Gasteiger partial charge in [-0.05, 0) is 24.6 Å². The van der Waals surface area contributed by atoms with Gasteiger partial charge in [-0.3, -0.25) is 4.79 Å². The quantitative estimate of drug-likeness (QED) is 0.415. The lowest BCUT2D eigenvalue weighted by atomic mass is 10.1. The molecule has 4 aromatic rings. The molecule has 1 atom stereocenters. The van der Waals surface area contributed by atoms with Gasteiger partial charge in [-0.1, -0.05) is 48.5 Å². The normalized spacial score (nSPS) is 11.7. The molecule has 7 nitrogen and oxygen atoms in total. The van der Waals surface area contributed by atoms with Gasteiger partial charge in [-0.15, -0.1) is 11.3 Å². The fourth-order valence-corrected chi connectivity index (χ4v) is 3.96. The molecular weight excluding hydrogens is 424 g/mol. The van der Waals surface area contributed by atoms with Crippen LogP contribution in [0.1, 0.15) is 23.0 Å². The standard InChI is InChI=1S/C24H22N4O3S/c1-2-31-24(30)20(13-17-9-5-3-6-10-17)26-22(29)21-16-32-23(27-21)18-14-25-28(15-18)19-11-7-4-8-12-19/h3-12,14-16,20H,2,13H2,1H3,(H,26,29). The van der Waals surface area contributed by atoms with Gasteiger partial charge in [0, 0.05) is 23.6 Å². The second kappa shape index (κ2) is 10.0. The first-order valence-electron chi connectivity index (χ1n) is 10.2. The number of hydrogen-bond acceptors (Lipinski definition) is 6. The van der Waals surface area contributed by atoms with Gasteiger partial charge in [0.1, 0.15) is 16.7 Å². The molecule has 0 spiro atoms. The lowest BCUT2D eigenvalue weighted by Gasteiger charge is -2.16. The van der Waals surface area contributed by atoms with Gasteiger partial charge in [0.15, 0.2) is 0 Å². The number of esters is 1. The molecule has 0 aliphatic carbocycles. The van der Waals surface area contributed by atoms with Crippen molar-refractivity contribution >= 4 is 23.2 Å². The second-order valence-corrected chi connectivity index (χ2v) is 7.87. The highest BCUT2D eigenvalue weighted by molar-refractivity contribution is 7.13. The second-order valence-electron chi connectivity index (χ2n) is 7.01. The highest BCUT2D eigenvalue weighted by Gasteiger charge is 2.24. The number of aromatic nitrogens is 3. The number of hydrogen-bond donors (Lipinski definition) is 1. The Labute approximate surface area is 189 Å². The Morgan fingerprint density at radius 2 is 1.81 bits per heavy atom. The first-order valence-corrected chi connectivity index (χ1v) is 11.1. The smallest absolute Gasteiger partial charge is 0.328 e. The molecule has 8 heteroatoms. The molecule has 0 fully saturated rings. The van der Waals surface area contributed by atoms with E-state index in [0.717, 1.165) is 16.8 Å². The van der Waals surface area contributed by atoms with E-state index in [-0.39, 0.29) is 12.3 Å². The molecule has 162 valence electrons. The third-order valence-electron chi connectivity index (χ3n) is 4.75. The summed E-state index contributed by atoms with van der Waals surface area (Å²) in [4.78, 5) is 29.7. The van der Waals surface area contributed by atoms with Crippen molar-refractivity contribution in [2.75, 3.05) is 6.61 Å². The molecule has 1 unspecified atom stereocenters. The topological polar surface area (TPSA) is 86.1 Å². The van der Waals surface area contributed by atoms with E-state index in [1.807, 2.05) is 66.9 Å². The Kier molecular flexibility index (Phi) is 6.72. The van der Waals surface area contributed by atoms with Gasteiger partial charge >= 0.3 is 5.97 Å². The van der Waals surface area contributed by atoms with Crippen molar-refractivity contribution in [3.05, 3.63) is 89.7 Å². The van der Waals surface area contributed by atoms with Gasteiger partial charge in [0.25, 0.3) is 5.91 Å². The molecule has 0 saturated carbocycles. The van der Waals surface area contributed by atoms with Crippen molar-refractivity contribution in [3.63, 3.8) is 0 Å². The summed E-state index contributed by atoms with van der Waals surface area (Å²) in [7, 11) is 0. The Morgan fingerprint density at radius 1 is 1.09 bits per heavy atom. The zero-order chi connectivity index (χ0) is 22.3. The predicted molar refractivity (Wildman–Crippen MR) is 123 cm³/mol. The molecular formula is C24H22N4O3S. The van der Waals surface area contributed by atoms with Crippen LogP contribution in [0, 0.1) is 0 Å². The number of ether oxygens (including phenoxy) is 1. The minimum absolute atomic E-state index is 0.242. The molecule has 0 aliphatic heterocycles. The van der Waals surface area contributed by atoms with Crippen LogP contribution in [-0.2, 0) is 16.0 Å². The molecule has 2 aromatic carbocycles. The number of para-hydroxylation sites is 1. The Bertz CT molecular complexity index is 1190. The number of rotatable bonds is 8. The van der Waals surface area contributed by atoms with Crippen molar-refractivity contribution in [1.29, 1.82) is 0 Å². The van der Waals surface area contributed by atoms with E-state index in [4.69, 9.17) is 4.74 Å². The van der Waals surface area contributed by atoms with E-state index < -0.39 is 17.9 Å². The van der Waals surface area contributed by atoms with E-state index in [9.17, 15) is 9.59 Å².